The summed E-state index contributed by atoms with van der Waals surface area (Å²) in [5, 5.41) is 0. The highest BCUT2D eigenvalue weighted by atomic mass is 14.6. The van der Waals surface area contributed by atoms with E-state index in [-0.39, 0.29) is 10.8 Å². The minimum absolute atomic E-state index is 0.0601. The maximum Gasteiger partial charge on any atom is 0.00243 e. The van der Waals surface area contributed by atoms with Gasteiger partial charge in [-0.15, -0.1) is 0 Å². The Morgan fingerprint density at radius 3 is 1.65 bits per heavy atom. The zero-order chi connectivity index (χ0) is 13.4. The van der Waals surface area contributed by atoms with Crippen LogP contribution in [0.25, 0.3) is 0 Å². The van der Waals surface area contributed by atoms with Crippen LogP contribution < -0.4 is 5.73 Å². The Kier molecular flexibility index (Phi) is 3.73. The van der Waals surface area contributed by atoms with Crippen molar-refractivity contribution in [3.05, 3.63) is 34.4 Å². The Morgan fingerprint density at radius 2 is 1.35 bits per heavy atom. The predicted octanol–water partition coefficient (Wildman–Crippen LogP) is 3.84. The van der Waals surface area contributed by atoms with Crippen LogP contribution in [0.1, 0.15) is 56.9 Å². The van der Waals surface area contributed by atoms with Gasteiger partial charge in [0.15, 0.2) is 0 Å². The molecule has 0 radical (unpaired) electrons. The molecule has 0 saturated heterocycles. The van der Waals surface area contributed by atoms with Gasteiger partial charge in [-0.1, -0.05) is 46.8 Å². The van der Waals surface area contributed by atoms with Crippen molar-refractivity contribution >= 4 is 0 Å². The van der Waals surface area contributed by atoms with Crippen LogP contribution in [-0.2, 0) is 10.8 Å². The Bertz CT molecular complexity index is 385. The standard InChI is InChI=1S/C16H27N/c1-11-8-13(15(3,4)5)9-12(2)14(11)16(6,7)10-17/h8-9H,10,17H2,1-7H3. The molecule has 1 nitrogen and oxygen atoms in total. The van der Waals surface area contributed by atoms with Crippen LogP contribution in [-0.4, -0.2) is 6.54 Å². The fraction of sp³-hybridized carbons (Fsp3) is 0.625. The number of benzene rings is 1. The molecule has 0 aliphatic heterocycles. The van der Waals surface area contributed by atoms with E-state index in [1.54, 1.807) is 0 Å². The van der Waals surface area contributed by atoms with E-state index in [1.807, 2.05) is 0 Å². The van der Waals surface area contributed by atoms with Gasteiger partial charge < -0.3 is 5.73 Å². The van der Waals surface area contributed by atoms with Crippen LogP contribution in [0.4, 0.5) is 0 Å². The van der Waals surface area contributed by atoms with Gasteiger partial charge in [0.25, 0.3) is 0 Å². The van der Waals surface area contributed by atoms with Gasteiger partial charge in [-0.05, 0) is 41.5 Å². The van der Waals surface area contributed by atoms with Gasteiger partial charge in [-0.25, -0.2) is 0 Å². The number of rotatable bonds is 2. The minimum Gasteiger partial charge on any atom is -0.330 e. The van der Waals surface area contributed by atoms with Gasteiger partial charge in [-0.2, -0.15) is 0 Å². The van der Waals surface area contributed by atoms with E-state index in [0.717, 1.165) is 0 Å². The minimum atomic E-state index is 0.0601. The number of hydrogen-bond acceptors (Lipinski definition) is 1. The van der Waals surface area contributed by atoms with E-state index in [9.17, 15) is 0 Å². The number of nitrogens with two attached hydrogens (primary N) is 1. The summed E-state index contributed by atoms with van der Waals surface area (Å²) in [7, 11) is 0. The Morgan fingerprint density at radius 1 is 0.941 bits per heavy atom. The van der Waals surface area contributed by atoms with Crippen molar-refractivity contribution < 1.29 is 0 Å². The lowest BCUT2D eigenvalue weighted by molar-refractivity contribution is 0.529. The second-order valence-electron chi connectivity index (χ2n) is 6.82. The summed E-state index contributed by atoms with van der Waals surface area (Å²) in [4.78, 5) is 0. The van der Waals surface area contributed by atoms with Gasteiger partial charge in [0.1, 0.15) is 0 Å². The topological polar surface area (TPSA) is 26.0 Å². The first kappa shape index (κ1) is 14.2. The fourth-order valence-corrected chi connectivity index (χ4v) is 2.57. The molecule has 0 spiro atoms. The van der Waals surface area contributed by atoms with Crippen molar-refractivity contribution in [1.82, 2.24) is 0 Å². The van der Waals surface area contributed by atoms with Crippen LogP contribution in [0.5, 0.6) is 0 Å². The lowest BCUT2D eigenvalue weighted by Gasteiger charge is -2.30. The Balaban J connectivity index is 3.40. The average Bonchev–Trinajstić information content (AvgIpc) is 2.14. The maximum atomic E-state index is 5.90. The summed E-state index contributed by atoms with van der Waals surface area (Å²) in [6.07, 6.45) is 0. The Labute approximate surface area is 106 Å². The molecule has 0 aromatic heterocycles. The van der Waals surface area contributed by atoms with Crippen LogP contribution in [0.15, 0.2) is 12.1 Å². The molecule has 0 amide bonds. The SMILES string of the molecule is Cc1cc(C(C)(C)C)cc(C)c1C(C)(C)CN. The molecule has 1 aromatic carbocycles. The van der Waals surface area contributed by atoms with E-state index >= 15 is 0 Å². The zero-order valence-corrected chi connectivity index (χ0v) is 12.4. The first-order valence-electron chi connectivity index (χ1n) is 6.42. The molecule has 17 heavy (non-hydrogen) atoms. The molecule has 96 valence electrons. The molecule has 1 rings (SSSR count). The highest BCUT2D eigenvalue weighted by molar-refractivity contribution is 5.44. The molecule has 2 N–H and O–H groups in total. The summed E-state index contributed by atoms with van der Waals surface area (Å²) < 4.78 is 0. The van der Waals surface area contributed by atoms with Crippen molar-refractivity contribution in [3.8, 4) is 0 Å². The zero-order valence-electron chi connectivity index (χ0n) is 12.4. The summed E-state index contributed by atoms with van der Waals surface area (Å²) in [5.41, 5.74) is 11.7. The van der Waals surface area contributed by atoms with Gasteiger partial charge in [0.05, 0.1) is 0 Å². The third kappa shape index (κ3) is 2.90. The van der Waals surface area contributed by atoms with E-state index in [4.69, 9.17) is 5.73 Å². The molecule has 0 fully saturated rings. The fourth-order valence-electron chi connectivity index (χ4n) is 2.57. The molecule has 1 aromatic rings. The second-order valence-corrected chi connectivity index (χ2v) is 6.82. The molecule has 1 heteroatoms. The van der Waals surface area contributed by atoms with Crippen molar-refractivity contribution in [2.75, 3.05) is 6.54 Å². The molecule has 0 unspecified atom stereocenters. The Hall–Kier alpha value is -0.820. The number of aryl methyl sites for hydroxylation is 2. The monoisotopic (exact) mass is 233 g/mol. The molecule has 0 heterocycles. The molecular weight excluding hydrogens is 206 g/mol. The summed E-state index contributed by atoms with van der Waals surface area (Å²) in [6.45, 7) is 16.3. The lowest BCUT2D eigenvalue weighted by Crippen LogP contribution is -2.30. The van der Waals surface area contributed by atoms with Crippen molar-refractivity contribution in [1.29, 1.82) is 0 Å². The smallest absolute Gasteiger partial charge is 0.00243 e. The molecule has 0 bridgehead atoms. The third-order valence-corrected chi connectivity index (χ3v) is 3.59. The third-order valence-electron chi connectivity index (χ3n) is 3.59. The van der Waals surface area contributed by atoms with Gasteiger partial charge >= 0.3 is 0 Å². The molecule has 0 saturated carbocycles. The molecule has 0 atom stereocenters. The van der Waals surface area contributed by atoms with Crippen molar-refractivity contribution in [3.63, 3.8) is 0 Å². The van der Waals surface area contributed by atoms with Gasteiger partial charge in [-0.3, -0.25) is 0 Å². The normalized spacial score (nSPS) is 12.9. The van der Waals surface area contributed by atoms with Crippen LogP contribution >= 0.6 is 0 Å². The maximum absolute atomic E-state index is 5.90. The van der Waals surface area contributed by atoms with Crippen LogP contribution in [0.3, 0.4) is 0 Å². The van der Waals surface area contributed by atoms with Crippen LogP contribution in [0, 0.1) is 13.8 Å². The first-order chi connectivity index (χ1) is 7.59. The molecular formula is C16H27N. The highest BCUT2D eigenvalue weighted by Gasteiger charge is 2.24. The van der Waals surface area contributed by atoms with E-state index < -0.39 is 0 Å². The van der Waals surface area contributed by atoms with Crippen LogP contribution in [0.2, 0.25) is 0 Å². The highest BCUT2D eigenvalue weighted by Crippen LogP contribution is 2.33. The number of hydrogen-bond donors (Lipinski definition) is 1. The largest absolute Gasteiger partial charge is 0.330 e. The lowest BCUT2D eigenvalue weighted by atomic mass is 9.76. The van der Waals surface area contributed by atoms with Crippen molar-refractivity contribution in [2.24, 2.45) is 5.73 Å². The van der Waals surface area contributed by atoms with E-state index in [2.05, 4.69) is 60.6 Å². The molecule has 0 aliphatic carbocycles. The van der Waals surface area contributed by atoms with E-state index in [1.165, 1.54) is 22.3 Å². The van der Waals surface area contributed by atoms with Crippen molar-refractivity contribution in [2.45, 2.75) is 59.3 Å². The summed E-state index contributed by atoms with van der Waals surface area (Å²) in [6, 6.07) is 4.64. The second kappa shape index (κ2) is 4.45. The predicted molar refractivity (Wildman–Crippen MR) is 76.7 cm³/mol. The van der Waals surface area contributed by atoms with Gasteiger partial charge in [0, 0.05) is 12.0 Å². The van der Waals surface area contributed by atoms with E-state index in [0.29, 0.717) is 6.54 Å². The quantitative estimate of drug-likeness (QED) is 0.825. The average molecular weight is 233 g/mol. The first-order valence-corrected chi connectivity index (χ1v) is 6.42. The molecule has 0 aliphatic rings. The summed E-state index contributed by atoms with van der Waals surface area (Å²) in [5.74, 6) is 0. The summed E-state index contributed by atoms with van der Waals surface area (Å²) >= 11 is 0. The van der Waals surface area contributed by atoms with Gasteiger partial charge in [0.2, 0.25) is 0 Å².